The van der Waals surface area contributed by atoms with E-state index in [1.165, 1.54) is 0 Å². The summed E-state index contributed by atoms with van der Waals surface area (Å²) in [4.78, 5) is 8.36. The minimum Gasteiger partial charge on any atom is -0.412 e. The summed E-state index contributed by atoms with van der Waals surface area (Å²) in [7, 11) is 0. The van der Waals surface area contributed by atoms with Crippen LogP contribution in [0.1, 0.15) is 0 Å². The Morgan fingerprint density at radius 3 is 1.80 bits per heavy atom. The highest BCUT2D eigenvalue weighted by atomic mass is 16.9. The first-order chi connectivity index (χ1) is 1.73. The first kappa shape index (κ1) is 8.90. The third kappa shape index (κ3) is 6.03. The van der Waals surface area contributed by atoms with E-state index >= 15 is 0 Å². The van der Waals surface area contributed by atoms with Crippen LogP contribution >= 0.6 is 0 Å². The van der Waals surface area contributed by atoms with Gasteiger partial charge >= 0.3 is 0 Å². The van der Waals surface area contributed by atoms with Crippen molar-refractivity contribution in [1.82, 2.24) is 0 Å². The predicted molar refractivity (Wildman–Crippen MR) is 12.4 cm³/mol. The minimum atomic E-state index is -1.50. The largest absolute Gasteiger partial charge is 0.412 e. The van der Waals surface area contributed by atoms with Crippen molar-refractivity contribution in [3.8, 4) is 0 Å². The number of nitrogens with zero attached hydrogens (tertiary/aromatic N) is 1. The maximum Gasteiger partial charge on any atom is 0.291 e. The van der Waals surface area contributed by atoms with E-state index in [0.717, 1.165) is 0 Å². The van der Waals surface area contributed by atoms with Crippen molar-refractivity contribution in [3.63, 3.8) is 0 Å². The Morgan fingerprint density at radius 2 is 1.80 bits per heavy atom. The minimum absolute atomic E-state index is 0. The van der Waals surface area contributed by atoms with Crippen LogP contribution in [0.25, 0.3) is 0 Å². The standard InChI is InChI=1S/HNO3.H2O/c2-1(3)4;/h(H,2,3,4);1H2. The molecule has 0 amide bonds. The fraction of sp³-hybridized carbons (Fsp3) is 0. The summed E-state index contributed by atoms with van der Waals surface area (Å²) in [6.07, 6.45) is 0. The van der Waals surface area contributed by atoms with Crippen LogP contribution in [0.15, 0.2) is 0 Å². The summed E-state index contributed by atoms with van der Waals surface area (Å²) in [5.74, 6) is 0. The maximum atomic E-state index is 8.36. The fourth-order valence-electron chi connectivity index (χ4n) is 0. The molecule has 0 aliphatic heterocycles. The van der Waals surface area contributed by atoms with Gasteiger partial charge in [-0.15, -0.1) is 10.1 Å². The number of hydrogen-bond acceptors (Lipinski definition) is 2. The van der Waals surface area contributed by atoms with Gasteiger partial charge in [0.05, 0.1) is 0 Å². The predicted octanol–water partition coefficient (Wildman–Crippen LogP) is -1.17. The lowest BCUT2D eigenvalue weighted by atomic mass is 13.1. The number of hydrogen-bond donors (Lipinski definition) is 1. The molecule has 0 radical (unpaired) electrons. The Bertz CT molecular complexity index is 26.6. The van der Waals surface area contributed by atoms with Crippen molar-refractivity contribution in [3.05, 3.63) is 10.1 Å². The molecule has 0 aromatic carbocycles. The van der Waals surface area contributed by atoms with E-state index in [9.17, 15) is 0 Å². The van der Waals surface area contributed by atoms with Gasteiger partial charge in [0.15, 0.2) is 0 Å². The summed E-state index contributed by atoms with van der Waals surface area (Å²) in [5, 5.41) is 13.6. The van der Waals surface area contributed by atoms with Crippen molar-refractivity contribution in [2.45, 2.75) is 0 Å². The zero-order chi connectivity index (χ0) is 3.58. The van der Waals surface area contributed by atoms with Crippen LogP contribution in [-0.2, 0) is 0 Å². The van der Waals surface area contributed by atoms with Crippen LogP contribution < -0.4 is 0 Å². The highest BCUT2D eigenvalue weighted by Crippen LogP contribution is 1.38. The molecule has 5 nitrogen and oxygen atoms in total. The SMILES string of the molecule is O.O=[N+]([O-])O. The van der Waals surface area contributed by atoms with Gasteiger partial charge in [-0.25, -0.2) is 0 Å². The highest BCUT2D eigenvalue weighted by Gasteiger charge is 1.65. The second-order valence-electron chi connectivity index (χ2n) is 0.238. The number of rotatable bonds is 0. The summed E-state index contributed by atoms with van der Waals surface area (Å²) < 4.78 is 0. The molecule has 0 rings (SSSR count). The van der Waals surface area contributed by atoms with E-state index in [1.807, 2.05) is 0 Å². The zero-order valence-electron chi connectivity index (χ0n) is 2.21. The van der Waals surface area contributed by atoms with Gasteiger partial charge in [-0.3, -0.25) is 0 Å². The monoisotopic (exact) mass is 81.0 g/mol. The summed E-state index contributed by atoms with van der Waals surface area (Å²) in [6.45, 7) is 0. The van der Waals surface area contributed by atoms with E-state index in [4.69, 9.17) is 15.3 Å². The molecule has 0 heterocycles. The first-order valence-electron chi connectivity index (χ1n) is 0.565. The highest BCUT2D eigenvalue weighted by molar-refractivity contribution is 3.83. The van der Waals surface area contributed by atoms with Gasteiger partial charge in [0.25, 0.3) is 5.09 Å². The molecule has 5 heteroatoms. The average Bonchev–Trinajstić information content (AvgIpc) is 0.811. The van der Waals surface area contributed by atoms with Gasteiger partial charge < -0.3 is 10.7 Å². The second-order valence-corrected chi connectivity index (χ2v) is 0.238. The Morgan fingerprint density at radius 1 is 1.80 bits per heavy atom. The normalized spacial score (nSPS) is 4.80. The van der Waals surface area contributed by atoms with E-state index in [2.05, 4.69) is 0 Å². The molecule has 0 bridgehead atoms. The molecule has 0 fully saturated rings. The van der Waals surface area contributed by atoms with Gasteiger partial charge in [0.2, 0.25) is 0 Å². The second kappa shape index (κ2) is 3.16. The molecule has 0 saturated heterocycles. The van der Waals surface area contributed by atoms with Gasteiger partial charge in [-0.1, -0.05) is 0 Å². The topological polar surface area (TPSA) is 94.9 Å². The zero-order valence-corrected chi connectivity index (χ0v) is 2.21. The average molecular weight is 81.0 g/mol. The van der Waals surface area contributed by atoms with E-state index in [-0.39, 0.29) is 5.48 Å². The fourth-order valence-corrected chi connectivity index (χ4v) is 0. The molecule has 3 N–H and O–H groups in total. The smallest absolute Gasteiger partial charge is 0.291 e. The van der Waals surface area contributed by atoms with Crippen molar-refractivity contribution in [2.24, 2.45) is 0 Å². The Hall–Kier alpha value is -0.840. The van der Waals surface area contributed by atoms with Crippen LogP contribution in [-0.4, -0.2) is 15.8 Å². The van der Waals surface area contributed by atoms with Crippen molar-refractivity contribution >= 4 is 0 Å². The maximum absolute atomic E-state index is 8.36. The van der Waals surface area contributed by atoms with E-state index in [0.29, 0.717) is 0 Å². The first-order valence-corrected chi connectivity index (χ1v) is 0.565. The van der Waals surface area contributed by atoms with Gasteiger partial charge in [-0.05, 0) is 0 Å². The molecule has 0 aliphatic rings. The van der Waals surface area contributed by atoms with Crippen LogP contribution in [0.3, 0.4) is 0 Å². The summed E-state index contributed by atoms with van der Waals surface area (Å²) >= 11 is 0. The molecule has 0 atom stereocenters. The molecule has 32 valence electrons. The molecular weight excluding hydrogens is 78.0 g/mol. The molecule has 0 unspecified atom stereocenters. The molecule has 0 saturated carbocycles. The molecule has 5 heavy (non-hydrogen) atoms. The lowest BCUT2D eigenvalue weighted by Gasteiger charge is -1.56. The molecule has 0 aliphatic carbocycles. The van der Waals surface area contributed by atoms with Gasteiger partial charge in [-0.2, -0.15) is 0 Å². The van der Waals surface area contributed by atoms with E-state index in [1.54, 1.807) is 0 Å². The van der Waals surface area contributed by atoms with Crippen LogP contribution in [0, 0.1) is 10.1 Å². The summed E-state index contributed by atoms with van der Waals surface area (Å²) in [6, 6.07) is 0. The van der Waals surface area contributed by atoms with Crippen molar-refractivity contribution < 1.29 is 15.8 Å². The Balaban J connectivity index is 0. The van der Waals surface area contributed by atoms with Crippen molar-refractivity contribution in [1.29, 1.82) is 0 Å². The Labute approximate surface area is 27.3 Å². The lowest BCUT2D eigenvalue weighted by Crippen LogP contribution is -1.81. The van der Waals surface area contributed by atoms with Crippen LogP contribution in [0.2, 0.25) is 0 Å². The Kier molecular flexibility index (Phi) is 5.63. The van der Waals surface area contributed by atoms with Crippen LogP contribution in [0.5, 0.6) is 0 Å². The summed E-state index contributed by atoms with van der Waals surface area (Å²) in [5.41, 5.74) is 0. The molecule has 0 spiro atoms. The van der Waals surface area contributed by atoms with Crippen molar-refractivity contribution in [2.75, 3.05) is 0 Å². The molecule has 0 aromatic rings. The lowest BCUT2D eigenvalue weighted by molar-refractivity contribution is -0.742. The third-order valence-electron chi connectivity index (χ3n) is 0. The molecular formula is H3NO4. The van der Waals surface area contributed by atoms with Gasteiger partial charge in [0, 0.05) is 0 Å². The quantitative estimate of drug-likeness (QED) is 0.294. The van der Waals surface area contributed by atoms with E-state index < -0.39 is 5.09 Å². The van der Waals surface area contributed by atoms with Gasteiger partial charge in [0.1, 0.15) is 0 Å². The van der Waals surface area contributed by atoms with Crippen LogP contribution in [0.4, 0.5) is 0 Å². The third-order valence-corrected chi connectivity index (χ3v) is 0. The molecule has 0 aromatic heterocycles.